The summed E-state index contributed by atoms with van der Waals surface area (Å²) in [5, 5.41) is 0. The Kier molecular flexibility index (Phi) is 6.67. The normalized spacial score (nSPS) is 13.4. The lowest BCUT2D eigenvalue weighted by Crippen LogP contribution is -2.45. The van der Waals surface area contributed by atoms with E-state index in [0.717, 1.165) is 5.56 Å². The molecular formula is C25H26N2O5S. The van der Waals surface area contributed by atoms with E-state index in [4.69, 9.17) is 9.47 Å². The summed E-state index contributed by atoms with van der Waals surface area (Å²) in [5.74, 6) is 0.903. The van der Waals surface area contributed by atoms with Crippen LogP contribution in [-0.2, 0) is 21.4 Å². The molecule has 8 heteroatoms. The van der Waals surface area contributed by atoms with Gasteiger partial charge < -0.3 is 14.4 Å². The van der Waals surface area contributed by atoms with Gasteiger partial charge in [0.15, 0.2) is 0 Å². The lowest BCUT2D eigenvalue weighted by Gasteiger charge is -2.31. The van der Waals surface area contributed by atoms with E-state index in [1.165, 1.54) is 17.5 Å². The number of hydrogen-bond donors (Lipinski definition) is 0. The Hall–Kier alpha value is -3.36. The van der Waals surface area contributed by atoms with Crippen LogP contribution in [0.5, 0.6) is 11.5 Å². The number of amides is 1. The molecule has 1 heterocycles. The first kappa shape index (κ1) is 22.8. The highest BCUT2D eigenvalue weighted by molar-refractivity contribution is 7.89. The van der Waals surface area contributed by atoms with Crippen molar-refractivity contribution in [2.45, 2.75) is 18.4 Å². The number of nitrogens with zero attached hydrogens (tertiary/aromatic N) is 2. The Bertz CT molecular complexity index is 1240. The molecule has 1 aliphatic rings. The van der Waals surface area contributed by atoms with Crippen molar-refractivity contribution in [3.63, 3.8) is 0 Å². The highest BCUT2D eigenvalue weighted by atomic mass is 32.2. The quantitative estimate of drug-likeness (QED) is 0.532. The van der Waals surface area contributed by atoms with Crippen molar-refractivity contribution in [3.05, 3.63) is 83.9 Å². The van der Waals surface area contributed by atoms with Gasteiger partial charge in [0, 0.05) is 6.54 Å². The van der Waals surface area contributed by atoms with Crippen LogP contribution in [0, 0.1) is 6.92 Å². The number of benzene rings is 3. The van der Waals surface area contributed by atoms with Gasteiger partial charge >= 0.3 is 0 Å². The third-order valence-corrected chi connectivity index (χ3v) is 7.33. The van der Waals surface area contributed by atoms with E-state index in [1.807, 2.05) is 42.5 Å². The molecule has 0 saturated heterocycles. The van der Waals surface area contributed by atoms with Crippen LogP contribution in [0.4, 0.5) is 5.69 Å². The van der Waals surface area contributed by atoms with Crippen LogP contribution >= 0.6 is 0 Å². The summed E-state index contributed by atoms with van der Waals surface area (Å²) in [6.07, 6.45) is 0. The minimum Gasteiger partial charge on any atom is -0.496 e. The number of ether oxygens (including phenoxy) is 2. The molecule has 0 unspecified atom stereocenters. The van der Waals surface area contributed by atoms with Crippen molar-refractivity contribution >= 4 is 21.6 Å². The second-order valence-electron chi connectivity index (χ2n) is 7.75. The SMILES string of the molecule is COc1ccc(S(=O)(=O)N(CC(=O)N2CCOc3ccccc32)Cc2ccccc2)cc1C. The van der Waals surface area contributed by atoms with Crippen molar-refractivity contribution in [1.29, 1.82) is 0 Å². The van der Waals surface area contributed by atoms with Crippen molar-refractivity contribution in [3.8, 4) is 11.5 Å². The highest BCUT2D eigenvalue weighted by Gasteiger charge is 2.31. The summed E-state index contributed by atoms with van der Waals surface area (Å²) >= 11 is 0. The van der Waals surface area contributed by atoms with Gasteiger partial charge in [-0.3, -0.25) is 4.79 Å². The lowest BCUT2D eigenvalue weighted by atomic mass is 10.2. The van der Waals surface area contributed by atoms with E-state index in [0.29, 0.717) is 35.9 Å². The highest BCUT2D eigenvalue weighted by Crippen LogP contribution is 2.31. The Labute approximate surface area is 194 Å². The van der Waals surface area contributed by atoms with E-state index in [2.05, 4.69) is 0 Å². The van der Waals surface area contributed by atoms with Gasteiger partial charge in [-0.2, -0.15) is 4.31 Å². The predicted octanol–water partition coefficient (Wildman–Crippen LogP) is 3.62. The molecule has 4 rings (SSSR count). The molecule has 7 nitrogen and oxygen atoms in total. The average molecular weight is 467 g/mol. The van der Waals surface area contributed by atoms with Crippen LogP contribution in [0.3, 0.4) is 0 Å². The number of fused-ring (bicyclic) bond motifs is 1. The number of hydrogen-bond acceptors (Lipinski definition) is 5. The summed E-state index contributed by atoms with van der Waals surface area (Å²) in [5.41, 5.74) is 2.14. The molecule has 1 aliphatic heterocycles. The molecule has 0 atom stereocenters. The minimum absolute atomic E-state index is 0.0754. The fraction of sp³-hybridized carbons (Fsp3) is 0.240. The van der Waals surface area contributed by atoms with Crippen LogP contribution in [0.25, 0.3) is 0 Å². The molecule has 0 N–H and O–H groups in total. The van der Waals surface area contributed by atoms with Crippen LogP contribution < -0.4 is 14.4 Å². The maximum Gasteiger partial charge on any atom is 0.243 e. The van der Waals surface area contributed by atoms with Crippen molar-refractivity contribution in [2.75, 3.05) is 31.7 Å². The fourth-order valence-corrected chi connectivity index (χ4v) is 5.30. The van der Waals surface area contributed by atoms with Crippen molar-refractivity contribution in [2.24, 2.45) is 0 Å². The smallest absolute Gasteiger partial charge is 0.243 e. The van der Waals surface area contributed by atoms with E-state index in [-0.39, 0.29) is 23.9 Å². The Morgan fingerprint density at radius 1 is 1.06 bits per heavy atom. The summed E-state index contributed by atoms with van der Waals surface area (Å²) in [4.78, 5) is 15.1. The third-order valence-electron chi connectivity index (χ3n) is 5.55. The largest absolute Gasteiger partial charge is 0.496 e. The molecule has 0 aliphatic carbocycles. The second-order valence-corrected chi connectivity index (χ2v) is 9.69. The van der Waals surface area contributed by atoms with Gasteiger partial charge in [0.05, 0.1) is 30.8 Å². The monoisotopic (exact) mass is 466 g/mol. The summed E-state index contributed by atoms with van der Waals surface area (Å²) in [6.45, 7) is 2.28. The van der Waals surface area contributed by atoms with E-state index < -0.39 is 10.0 Å². The first-order valence-corrected chi connectivity index (χ1v) is 12.0. The summed E-state index contributed by atoms with van der Waals surface area (Å²) in [7, 11) is -2.42. The molecule has 33 heavy (non-hydrogen) atoms. The lowest BCUT2D eigenvalue weighted by molar-refractivity contribution is -0.119. The molecule has 172 valence electrons. The van der Waals surface area contributed by atoms with Gasteiger partial charge in [-0.1, -0.05) is 42.5 Å². The molecule has 3 aromatic carbocycles. The van der Waals surface area contributed by atoms with Gasteiger partial charge in [0.2, 0.25) is 15.9 Å². The van der Waals surface area contributed by atoms with Gasteiger partial charge in [-0.15, -0.1) is 0 Å². The van der Waals surface area contributed by atoms with Gasteiger partial charge in [-0.25, -0.2) is 8.42 Å². The summed E-state index contributed by atoms with van der Waals surface area (Å²) < 4.78 is 39.4. The van der Waals surface area contributed by atoms with Crippen LogP contribution in [0.2, 0.25) is 0 Å². The van der Waals surface area contributed by atoms with Crippen molar-refractivity contribution in [1.82, 2.24) is 4.31 Å². The summed E-state index contributed by atoms with van der Waals surface area (Å²) in [6, 6.07) is 21.2. The molecular weight excluding hydrogens is 440 g/mol. The van der Waals surface area contributed by atoms with E-state index in [9.17, 15) is 13.2 Å². The van der Waals surface area contributed by atoms with E-state index in [1.54, 1.807) is 36.1 Å². The number of aryl methyl sites for hydroxylation is 1. The Balaban J connectivity index is 1.67. The van der Waals surface area contributed by atoms with Gasteiger partial charge in [0.1, 0.15) is 18.1 Å². The van der Waals surface area contributed by atoms with Crippen LogP contribution in [-0.4, -0.2) is 45.4 Å². The Morgan fingerprint density at radius 2 is 1.79 bits per heavy atom. The number of anilines is 1. The molecule has 0 spiro atoms. The van der Waals surface area contributed by atoms with Crippen LogP contribution in [0.15, 0.2) is 77.7 Å². The zero-order chi connectivity index (χ0) is 23.4. The number of sulfonamides is 1. The number of methoxy groups -OCH3 is 1. The maximum absolute atomic E-state index is 13.6. The molecule has 0 saturated carbocycles. The predicted molar refractivity (Wildman–Crippen MR) is 126 cm³/mol. The molecule has 0 fully saturated rings. The molecule has 0 radical (unpaired) electrons. The topological polar surface area (TPSA) is 76.2 Å². The minimum atomic E-state index is -3.96. The Morgan fingerprint density at radius 3 is 2.52 bits per heavy atom. The van der Waals surface area contributed by atoms with E-state index >= 15 is 0 Å². The zero-order valence-corrected chi connectivity index (χ0v) is 19.4. The molecule has 0 bridgehead atoms. The van der Waals surface area contributed by atoms with Crippen molar-refractivity contribution < 1.29 is 22.7 Å². The molecule has 1 amide bonds. The third kappa shape index (κ3) is 4.86. The molecule has 3 aromatic rings. The average Bonchev–Trinajstić information content (AvgIpc) is 2.83. The number of para-hydroxylation sites is 2. The fourth-order valence-electron chi connectivity index (χ4n) is 3.84. The standard InChI is InChI=1S/C25H26N2O5S/c1-19-16-21(12-13-23(19)31-2)33(29,30)26(17-20-8-4-3-5-9-20)18-25(28)27-14-15-32-24-11-7-6-10-22(24)27/h3-13,16H,14-15,17-18H2,1-2H3. The number of rotatable bonds is 7. The zero-order valence-electron chi connectivity index (χ0n) is 18.6. The number of carbonyl (C=O) groups excluding carboxylic acids is 1. The van der Waals surface area contributed by atoms with Crippen LogP contribution in [0.1, 0.15) is 11.1 Å². The maximum atomic E-state index is 13.6. The molecule has 0 aromatic heterocycles. The van der Waals surface area contributed by atoms with Gasteiger partial charge in [0.25, 0.3) is 0 Å². The first-order chi connectivity index (χ1) is 15.9. The van der Waals surface area contributed by atoms with Gasteiger partial charge in [-0.05, 0) is 48.4 Å². The second kappa shape index (κ2) is 9.64. The number of carbonyl (C=O) groups is 1. The first-order valence-electron chi connectivity index (χ1n) is 10.6.